The highest BCUT2D eigenvalue weighted by molar-refractivity contribution is 5.38. The molecule has 0 spiro atoms. The maximum absolute atomic E-state index is 4.03. The molecular formula is C12H14N4. The first-order valence-electron chi connectivity index (χ1n) is 5.21. The van der Waals surface area contributed by atoms with E-state index in [0.717, 1.165) is 11.4 Å². The van der Waals surface area contributed by atoms with Crippen molar-refractivity contribution in [2.75, 3.05) is 5.32 Å². The second-order valence-electron chi connectivity index (χ2n) is 3.76. The molecule has 0 aliphatic rings. The maximum Gasteiger partial charge on any atom is 0.149 e. The Morgan fingerprint density at radius 1 is 1.25 bits per heavy atom. The maximum atomic E-state index is 4.03. The Hall–Kier alpha value is -1.97. The first-order chi connectivity index (χ1) is 7.75. The standard InChI is InChI=1S/C12H14N4/c1-9-7-12(16-14-8-9)15-10(2)11-3-5-13-6-4-11/h3-8,10H,1-2H3,(H,15,16). The van der Waals surface area contributed by atoms with Crippen molar-refractivity contribution in [3.8, 4) is 0 Å². The number of hydrogen-bond acceptors (Lipinski definition) is 4. The van der Waals surface area contributed by atoms with Gasteiger partial charge >= 0.3 is 0 Å². The monoisotopic (exact) mass is 214 g/mol. The van der Waals surface area contributed by atoms with Gasteiger partial charge in [0.1, 0.15) is 5.82 Å². The van der Waals surface area contributed by atoms with Crippen LogP contribution in [0.4, 0.5) is 5.82 Å². The van der Waals surface area contributed by atoms with Crippen molar-refractivity contribution in [3.63, 3.8) is 0 Å². The second kappa shape index (κ2) is 4.70. The van der Waals surface area contributed by atoms with Crippen molar-refractivity contribution < 1.29 is 0 Å². The lowest BCUT2D eigenvalue weighted by Gasteiger charge is -2.14. The number of hydrogen-bond donors (Lipinski definition) is 1. The molecule has 0 aromatic carbocycles. The Morgan fingerprint density at radius 2 is 2.00 bits per heavy atom. The first kappa shape index (κ1) is 10.5. The van der Waals surface area contributed by atoms with Crippen LogP contribution in [0.5, 0.6) is 0 Å². The minimum atomic E-state index is 0.194. The molecule has 82 valence electrons. The van der Waals surface area contributed by atoms with E-state index in [1.807, 2.05) is 25.1 Å². The summed E-state index contributed by atoms with van der Waals surface area (Å²) in [7, 11) is 0. The average Bonchev–Trinajstić information content (AvgIpc) is 2.30. The van der Waals surface area contributed by atoms with Crippen LogP contribution in [-0.2, 0) is 0 Å². The zero-order valence-corrected chi connectivity index (χ0v) is 9.38. The fraction of sp³-hybridized carbons (Fsp3) is 0.250. The van der Waals surface area contributed by atoms with Gasteiger partial charge in [-0.15, -0.1) is 5.10 Å². The number of pyridine rings is 1. The molecule has 2 aromatic heterocycles. The van der Waals surface area contributed by atoms with Gasteiger partial charge in [0.25, 0.3) is 0 Å². The van der Waals surface area contributed by atoms with Gasteiger partial charge in [-0.3, -0.25) is 4.98 Å². The summed E-state index contributed by atoms with van der Waals surface area (Å²) in [5, 5.41) is 11.2. The van der Waals surface area contributed by atoms with E-state index in [2.05, 4.69) is 27.4 Å². The van der Waals surface area contributed by atoms with E-state index in [0.29, 0.717) is 0 Å². The second-order valence-corrected chi connectivity index (χ2v) is 3.76. The highest BCUT2D eigenvalue weighted by atomic mass is 15.2. The summed E-state index contributed by atoms with van der Waals surface area (Å²) in [6, 6.07) is 6.14. The molecule has 1 atom stereocenters. The smallest absolute Gasteiger partial charge is 0.149 e. The zero-order chi connectivity index (χ0) is 11.4. The number of rotatable bonds is 3. The van der Waals surface area contributed by atoms with Crippen LogP contribution in [0.15, 0.2) is 36.8 Å². The van der Waals surface area contributed by atoms with E-state index in [1.165, 1.54) is 5.56 Å². The van der Waals surface area contributed by atoms with E-state index in [-0.39, 0.29) is 6.04 Å². The van der Waals surface area contributed by atoms with E-state index in [4.69, 9.17) is 0 Å². The summed E-state index contributed by atoms with van der Waals surface area (Å²) in [5.41, 5.74) is 2.28. The fourth-order valence-corrected chi connectivity index (χ4v) is 1.49. The molecule has 2 rings (SSSR count). The molecule has 0 aliphatic carbocycles. The van der Waals surface area contributed by atoms with Gasteiger partial charge in [-0.1, -0.05) is 0 Å². The minimum absolute atomic E-state index is 0.194. The van der Waals surface area contributed by atoms with Crippen molar-refractivity contribution in [2.24, 2.45) is 0 Å². The molecule has 0 fully saturated rings. The van der Waals surface area contributed by atoms with Crippen LogP contribution < -0.4 is 5.32 Å². The lowest BCUT2D eigenvalue weighted by Crippen LogP contribution is -2.08. The van der Waals surface area contributed by atoms with Gasteiger partial charge < -0.3 is 5.32 Å². The van der Waals surface area contributed by atoms with Gasteiger partial charge in [-0.05, 0) is 43.2 Å². The first-order valence-corrected chi connectivity index (χ1v) is 5.21. The largest absolute Gasteiger partial charge is 0.362 e. The minimum Gasteiger partial charge on any atom is -0.362 e. The number of aromatic nitrogens is 3. The van der Waals surface area contributed by atoms with Crippen molar-refractivity contribution in [2.45, 2.75) is 19.9 Å². The number of nitrogens with zero attached hydrogens (tertiary/aromatic N) is 3. The average molecular weight is 214 g/mol. The van der Waals surface area contributed by atoms with Crippen molar-refractivity contribution in [3.05, 3.63) is 47.9 Å². The molecule has 0 saturated heterocycles. The van der Waals surface area contributed by atoms with Crippen LogP contribution in [0.3, 0.4) is 0 Å². The van der Waals surface area contributed by atoms with Crippen molar-refractivity contribution in [1.82, 2.24) is 15.2 Å². The molecule has 4 heteroatoms. The van der Waals surface area contributed by atoms with E-state index in [1.54, 1.807) is 18.6 Å². The van der Waals surface area contributed by atoms with Gasteiger partial charge in [0, 0.05) is 12.4 Å². The third kappa shape index (κ3) is 2.53. The van der Waals surface area contributed by atoms with Crippen molar-refractivity contribution >= 4 is 5.82 Å². The molecule has 0 aliphatic heterocycles. The molecule has 2 aromatic rings. The molecule has 16 heavy (non-hydrogen) atoms. The molecule has 0 saturated carbocycles. The summed E-state index contributed by atoms with van der Waals surface area (Å²) in [5.74, 6) is 0.796. The van der Waals surface area contributed by atoms with Crippen LogP contribution in [-0.4, -0.2) is 15.2 Å². The number of nitrogens with one attached hydrogen (secondary N) is 1. The highest BCUT2D eigenvalue weighted by Gasteiger charge is 2.05. The van der Waals surface area contributed by atoms with Gasteiger partial charge in [-0.2, -0.15) is 5.10 Å². The summed E-state index contributed by atoms with van der Waals surface area (Å²) >= 11 is 0. The Balaban J connectivity index is 2.11. The van der Waals surface area contributed by atoms with Gasteiger partial charge in [-0.25, -0.2) is 0 Å². The predicted octanol–water partition coefficient (Wildman–Crippen LogP) is 2.35. The summed E-state index contributed by atoms with van der Waals surface area (Å²) in [6.07, 6.45) is 5.31. The van der Waals surface area contributed by atoms with Gasteiger partial charge in [0.15, 0.2) is 0 Å². The third-order valence-corrected chi connectivity index (χ3v) is 2.36. The Morgan fingerprint density at radius 3 is 2.69 bits per heavy atom. The van der Waals surface area contributed by atoms with E-state index >= 15 is 0 Å². The van der Waals surface area contributed by atoms with E-state index in [9.17, 15) is 0 Å². The van der Waals surface area contributed by atoms with Crippen LogP contribution >= 0.6 is 0 Å². The topological polar surface area (TPSA) is 50.7 Å². The summed E-state index contributed by atoms with van der Waals surface area (Å²) < 4.78 is 0. The summed E-state index contributed by atoms with van der Waals surface area (Å²) in [6.45, 7) is 4.08. The highest BCUT2D eigenvalue weighted by Crippen LogP contribution is 2.16. The lowest BCUT2D eigenvalue weighted by molar-refractivity contribution is 0.856. The van der Waals surface area contributed by atoms with Crippen LogP contribution in [0.2, 0.25) is 0 Å². The molecule has 0 radical (unpaired) electrons. The van der Waals surface area contributed by atoms with Crippen LogP contribution in [0, 0.1) is 6.92 Å². The van der Waals surface area contributed by atoms with Gasteiger partial charge in [0.2, 0.25) is 0 Å². The van der Waals surface area contributed by atoms with E-state index < -0.39 is 0 Å². The Labute approximate surface area is 94.8 Å². The summed E-state index contributed by atoms with van der Waals surface area (Å²) in [4.78, 5) is 3.99. The third-order valence-electron chi connectivity index (χ3n) is 2.36. The van der Waals surface area contributed by atoms with Gasteiger partial charge in [0.05, 0.1) is 12.2 Å². The number of anilines is 1. The van der Waals surface area contributed by atoms with Crippen LogP contribution in [0.1, 0.15) is 24.1 Å². The lowest BCUT2D eigenvalue weighted by atomic mass is 10.1. The fourth-order valence-electron chi connectivity index (χ4n) is 1.49. The molecule has 1 N–H and O–H groups in total. The Bertz CT molecular complexity index is 456. The molecular weight excluding hydrogens is 200 g/mol. The molecule has 2 heterocycles. The number of aryl methyl sites for hydroxylation is 1. The Kier molecular flexibility index (Phi) is 3.10. The quantitative estimate of drug-likeness (QED) is 0.852. The van der Waals surface area contributed by atoms with Crippen molar-refractivity contribution in [1.29, 1.82) is 0 Å². The molecule has 4 nitrogen and oxygen atoms in total. The van der Waals surface area contributed by atoms with Crippen LogP contribution in [0.25, 0.3) is 0 Å². The molecule has 1 unspecified atom stereocenters. The SMILES string of the molecule is Cc1cnnc(NC(C)c2ccncc2)c1. The zero-order valence-electron chi connectivity index (χ0n) is 9.38. The predicted molar refractivity (Wildman–Crippen MR) is 63.0 cm³/mol. The molecule has 0 bridgehead atoms. The normalized spacial score (nSPS) is 12.1. The molecule has 0 amide bonds.